The van der Waals surface area contributed by atoms with Crippen LogP contribution in [0.25, 0.3) is 11.4 Å². The largest absolute Gasteiger partial charge is 0.339 e. The molecule has 4 nitrogen and oxygen atoms in total. The van der Waals surface area contributed by atoms with Crippen LogP contribution in [-0.2, 0) is 6.42 Å². The Balaban J connectivity index is 2.13. The van der Waals surface area contributed by atoms with Gasteiger partial charge in [-0.1, -0.05) is 27.2 Å². The summed E-state index contributed by atoms with van der Waals surface area (Å²) in [6.45, 7) is 3.00. The molecule has 2 aromatic rings. The molecule has 0 fully saturated rings. The van der Waals surface area contributed by atoms with Crippen LogP contribution in [0.5, 0.6) is 0 Å². The van der Waals surface area contributed by atoms with Gasteiger partial charge in [0.05, 0.1) is 0 Å². The normalized spacial score (nSPS) is 10.8. The summed E-state index contributed by atoms with van der Waals surface area (Å²) in [6, 6.07) is 6.09. The van der Waals surface area contributed by atoms with Gasteiger partial charge in [-0.3, -0.25) is 0 Å². The highest BCUT2D eigenvalue weighted by atomic mass is 79.9. The summed E-state index contributed by atoms with van der Waals surface area (Å²) in [4.78, 5) is 4.41. The van der Waals surface area contributed by atoms with Crippen molar-refractivity contribution in [1.82, 2.24) is 15.5 Å². The van der Waals surface area contributed by atoms with E-state index < -0.39 is 0 Å². The van der Waals surface area contributed by atoms with E-state index >= 15 is 0 Å². The van der Waals surface area contributed by atoms with Gasteiger partial charge in [-0.25, -0.2) is 0 Å². The summed E-state index contributed by atoms with van der Waals surface area (Å²) in [6.07, 6.45) is 1.80. The van der Waals surface area contributed by atoms with Gasteiger partial charge in [-0.05, 0) is 44.6 Å². The second kappa shape index (κ2) is 6.11. The maximum atomic E-state index is 5.24. The lowest BCUT2D eigenvalue weighted by molar-refractivity contribution is 0.375. The zero-order valence-electron chi connectivity index (χ0n) is 10.5. The fourth-order valence-electron chi connectivity index (χ4n) is 1.68. The zero-order chi connectivity index (χ0) is 13.0. The predicted molar refractivity (Wildman–Crippen MR) is 74.4 cm³/mol. The molecule has 0 aliphatic heterocycles. The Labute approximate surface area is 115 Å². The SMILES string of the molecule is CNCCCc1nc(-c2ccc(C)cc2Br)no1. The van der Waals surface area contributed by atoms with E-state index in [2.05, 4.69) is 31.4 Å². The van der Waals surface area contributed by atoms with Crippen LogP contribution in [0.3, 0.4) is 0 Å². The average molecular weight is 310 g/mol. The molecule has 0 saturated carbocycles. The van der Waals surface area contributed by atoms with E-state index in [1.54, 1.807) is 0 Å². The van der Waals surface area contributed by atoms with Crippen molar-refractivity contribution >= 4 is 15.9 Å². The van der Waals surface area contributed by atoms with Crippen LogP contribution < -0.4 is 5.32 Å². The van der Waals surface area contributed by atoms with E-state index in [1.807, 2.05) is 32.2 Å². The Bertz CT molecular complexity index is 525. The molecule has 5 heteroatoms. The molecule has 0 unspecified atom stereocenters. The van der Waals surface area contributed by atoms with Crippen molar-refractivity contribution in [2.45, 2.75) is 19.8 Å². The molecule has 96 valence electrons. The summed E-state index contributed by atoms with van der Waals surface area (Å²) in [7, 11) is 1.93. The van der Waals surface area contributed by atoms with Gasteiger partial charge >= 0.3 is 0 Å². The van der Waals surface area contributed by atoms with E-state index in [4.69, 9.17) is 4.52 Å². The van der Waals surface area contributed by atoms with E-state index in [0.29, 0.717) is 11.7 Å². The van der Waals surface area contributed by atoms with E-state index in [0.717, 1.165) is 29.4 Å². The molecule has 18 heavy (non-hydrogen) atoms. The third-order valence-corrected chi connectivity index (χ3v) is 3.31. The molecule has 1 aromatic carbocycles. The smallest absolute Gasteiger partial charge is 0.227 e. The van der Waals surface area contributed by atoms with Gasteiger partial charge in [0.1, 0.15) is 0 Å². The summed E-state index contributed by atoms with van der Waals surface area (Å²) < 4.78 is 6.23. The van der Waals surface area contributed by atoms with Crippen LogP contribution >= 0.6 is 15.9 Å². The second-order valence-corrected chi connectivity index (χ2v) is 5.06. The Hall–Kier alpha value is -1.20. The Kier molecular flexibility index (Phi) is 4.49. The molecule has 0 aliphatic rings. The van der Waals surface area contributed by atoms with Gasteiger partial charge in [0.2, 0.25) is 11.7 Å². The van der Waals surface area contributed by atoms with E-state index in [1.165, 1.54) is 5.56 Å². The molecule has 0 spiro atoms. The molecule has 0 saturated heterocycles. The first-order chi connectivity index (χ1) is 8.70. The van der Waals surface area contributed by atoms with Gasteiger partial charge in [0, 0.05) is 16.5 Å². The number of aryl methyl sites for hydroxylation is 2. The zero-order valence-corrected chi connectivity index (χ0v) is 12.1. The summed E-state index contributed by atoms with van der Waals surface area (Å²) in [5, 5.41) is 7.11. The van der Waals surface area contributed by atoms with Crippen molar-refractivity contribution in [2.75, 3.05) is 13.6 Å². The lowest BCUT2D eigenvalue weighted by atomic mass is 10.1. The van der Waals surface area contributed by atoms with Crippen molar-refractivity contribution in [3.8, 4) is 11.4 Å². The van der Waals surface area contributed by atoms with Crippen LogP contribution in [0.2, 0.25) is 0 Å². The van der Waals surface area contributed by atoms with E-state index in [9.17, 15) is 0 Å². The van der Waals surface area contributed by atoms with Crippen LogP contribution in [0.4, 0.5) is 0 Å². The van der Waals surface area contributed by atoms with Gasteiger partial charge in [0.25, 0.3) is 0 Å². The quantitative estimate of drug-likeness (QED) is 0.863. The average Bonchev–Trinajstić information content (AvgIpc) is 2.78. The fraction of sp³-hybridized carbons (Fsp3) is 0.385. The van der Waals surface area contributed by atoms with Crippen LogP contribution in [0.1, 0.15) is 17.9 Å². The highest BCUT2D eigenvalue weighted by Crippen LogP contribution is 2.26. The molecule has 2 rings (SSSR count). The number of aromatic nitrogens is 2. The summed E-state index contributed by atoms with van der Waals surface area (Å²) in [5.74, 6) is 1.33. The van der Waals surface area contributed by atoms with Gasteiger partial charge in [-0.15, -0.1) is 0 Å². The van der Waals surface area contributed by atoms with Crippen LogP contribution in [0.15, 0.2) is 27.2 Å². The van der Waals surface area contributed by atoms with Crippen molar-refractivity contribution in [3.05, 3.63) is 34.1 Å². The Morgan fingerprint density at radius 3 is 2.94 bits per heavy atom. The van der Waals surface area contributed by atoms with Crippen molar-refractivity contribution < 1.29 is 4.52 Å². The minimum atomic E-state index is 0.640. The lowest BCUT2D eigenvalue weighted by Crippen LogP contribution is -2.08. The molecular formula is C13H16BrN3O. The molecule has 1 N–H and O–H groups in total. The summed E-state index contributed by atoms with van der Waals surface area (Å²) >= 11 is 3.53. The third kappa shape index (κ3) is 3.17. The first kappa shape index (κ1) is 13.2. The van der Waals surface area contributed by atoms with Crippen molar-refractivity contribution in [1.29, 1.82) is 0 Å². The summed E-state index contributed by atoms with van der Waals surface area (Å²) in [5.41, 5.74) is 2.16. The second-order valence-electron chi connectivity index (χ2n) is 4.20. The van der Waals surface area contributed by atoms with Gasteiger partial charge in [-0.2, -0.15) is 4.98 Å². The minimum absolute atomic E-state index is 0.640. The molecule has 0 aliphatic carbocycles. The first-order valence-corrected chi connectivity index (χ1v) is 6.73. The molecule has 0 atom stereocenters. The predicted octanol–water partition coefficient (Wildman–Crippen LogP) is 2.96. The Morgan fingerprint density at radius 1 is 1.39 bits per heavy atom. The van der Waals surface area contributed by atoms with Crippen molar-refractivity contribution in [2.24, 2.45) is 0 Å². The monoisotopic (exact) mass is 309 g/mol. The topological polar surface area (TPSA) is 51.0 Å². The molecule has 0 bridgehead atoms. The minimum Gasteiger partial charge on any atom is -0.339 e. The highest BCUT2D eigenvalue weighted by molar-refractivity contribution is 9.10. The van der Waals surface area contributed by atoms with Crippen molar-refractivity contribution in [3.63, 3.8) is 0 Å². The molecule has 1 aromatic heterocycles. The number of nitrogens with zero attached hydrogens (tertiary/aromatic N) is 2. The Morgan fingerprint density at radius 2 is 2.22 bits per heavy atom. The lowest BCUT2D eigenvalue weighted by Gasteiger charge is -1.99. The maximum absolute atomic E-state index is 5.24. The van der Waals surface area contributed by atoms with Crippen LogP contribution in [0, 0.1) is 6.92 Å². The molecular weight excluding hydrogens is 294 g/mol. The van der Waals surface area contributed by atoms with E-state index in [-0.39, 0.29) is 0 Å². The van der Waals surface area contributed by atoms with Gasteiger partial charge in [0.15, 0.2) is 0 Å². The molecule has 0 radical (unpaired) electrons. The first-order valence-electron chi connectivity index (χ1n) is 5.94. The number of hydrogen-bond acceptors (Lipinski definition) is 4. The number of halogens is 1. The van der Waals surface area contributed by atoms with Gasteiger partial charge < -0.3 is 9.84 Å². The maximum Gasteiger partial charge on any atom is 0.227 e. The number of rotatable bonds is 5. The molecule has 1 heterocycles. The molecule has 0 amide bonds. The standard InChI is InChI=1S/C13H16BrN3O/c1-9-5-6-10(11(14)8-9)13-16-12(18-17-13)4-3-7-15-2/h5-6,8,15H,3-4,7H2,1-2H3. The number of hydrogen-bond donors (Lipinski definition) is 1. The third-order valence-electron chi connectivity index (χ3n) is 2.65. The number of nitrogens with one attached hydrogen (secondary N) is 1. The fourth-order valence-corrected chi connectivity index (χ4v) is 2.35. The highest BCUT2D eigenvalue weighted by Gasteiger charge is 2.11. The number of benzene rings is 1. The van der Waals surface area contributed by atoms with Crippen LogP contribution in [-0.4, -0.2) is 23.7 Å².